The van der Waals surface area contributed by atoms with Gasteiger partial charge in [0.05, 0.1) is 6.10 Å². The summed E-state index contributed by atoms with van der Waals surface area (Å²) in [6.45, 7) is 8.33. The van der Waals surface area contributed by atoms with Crippen LogP contribution in [0.4, 0.5) is 0 Å². The van der Waals surface area contributed by atoms with Crippen LogP contribution in [0.15, 0.2) is 24.3 Å². The number of halogens is 1. The zero-order valence-corrected chi connectivity index (χ0v) is 11.9. The number of rotatable bonds is 3. The summed E-state index contributed by atoms with van der Waals surface area (Å²) in [5, 5.41) is 10.1. The lowest BCUT2D eigenvalue weighted by Gasteiger charge is -2.29. The van der Waals surface area contributed by atoms with Crippen LogP contribution in [-0.4, -0.2) is 11.1 Å². The highest BCUT2D eigenvalue weighted by Crippen LogP contribution is 2.26. The molecule has 3 heteroatoms. The summed E-state index contributed by atoms with van der Waals surface area (Å²) in [6, 6.07) is 7.97. The third-order valence-corrected chi connectivity index (χ3v) is 3.05. The molecular weight excluding hydrogens is 234 g/mol. The molecule has 3 N–H and O–H groups in total. The highest BCUT2D eigenvalue weighted by Gasteiger charge is 2.23. The second-order valence-electron chi connectivity index (χ2n) is 5.63. The van der Waals surface area contributed by atoms with Gasteiger partial charge in [0.1, 0.15) is 0 Å². The zero-order valence-electron chi connectivity index (χ0n) is 11.1. The normalized spacial score (nSPS) is 14.9. The molecule has 0 fully saturated rings. The van der Waals surface area contributed by atoms with Gasteiger partial charge in [-0.25, -0.2) is 0 Å². The van der Waals surface area contributed by atoms with Crippen LogP contribution in [0.25, 0.3) is 0 Å². The summed E-state index contributed by atoms with van der Waals surface area (Å²) in [5.41, 5.74) is 8.25. The van der Waals surface area contributed by atoms with Gasteiger partial charge in [0.2, 0.25) is 0 Å². The lowest BCUT2D eigenvalue weighted by atomic mass is 9.83. The Morgan fingerprint density at radius 3 is 2.06 bits per heavy atom. The molecule has 0 aliphatic rings. The van der Waals surface area contributed by atoms with E-state index in [2.05, 4.69) is 20.8 Å². The zero-order chi connectivity index (χ0) is 12.3. The van der Waals surface area contributed by atoms with E-state index < -0.39 is 6.10 Å². The lowest BCUT2D eigenvalue weighted by Crippen LogP contribution is -2.36. The largest absolute Gasteiger partial charge is 0.388 e. The van der Waals surface area contributed by atoms with Gasteiger partial charge in [-0.15, -0.1) is 12.4 Å². The number of aryl methyl sites for hydroxylation is 1. The van der Waals surface area contributed by atoms with Crippen LogP contribution in [0, 0.1) is 12.3 Å². The molecule has 0 aromatic heterocycles. The standard InChI is InChI=1S/C14H23NO.ClH/c1-10-5-7-11(8-6-10)12(16)9-13(15)14(2,3)4;/h5-8,12-13,16H,9,15H2,1-4H3;1H/t12-,13+;/m0./s1. The molecular formula is C14H24ClNO. The Labute approximate surface area is 111 Å². The second-order valence-corrected chi connectivity index (χ2v) is 5.63. The van der Waals surface area contributed by atoms with Crippen LogP contribution >= 0.6 is 12.4 Å². The third-order valence-electron chi connectivity index (χ3n) is 3.05. The first-order valence-corrected chi connectivity index (χ1v) is 5.81. The van der Waals surface area contributed by atoms with Crippen molar-refractivity contribution in [2.24, 2.45) is 11.1 Å². The van der Waals surface area contributed by atoms with Gasteiger partial charge >= 0.3 is 0 Å². The molecule has 0 saturated heterocycles. The summed E-state index contributed by atoms with van der Waals surface area (Å²) in [6.07, 6.45) is 0.141. The molecule has 0 radical (unpaired) electrons. The van der Waals surface area contributed by atoms with E-state index in [1.54, 1.807) is 0 Å². The van der Waals surface area contributed by atoms with Crippen LogP contribution in [0.3, 0.4) is 0 Å². The Balaban J connectivity index is 0.00000256. The van der Waals surface area contributed by atoms with Crippen molar-refractivity contribution in [1.82, 2.24) is 0 Å². The minimum atomic E-state index is -0.463. The van der Waals surface area contributed by atoms with Crippen molar-refractivity contribution in [2.45, 2.75) is 46.3 Å². The Morgan fingerprint density at radius 2 is 1.65 bits per heavy atom. The predicted octanol–water partition coefficient (Wildman–Crippen LogP) is 3.21. The van der Waals surface area contributed by atoms with Crippen LogP contribution in [0.1, 0.15) is 44.4 Å². The fraction of sp³-hybridized carbons (Fsp3) is 0.571. The van der Waals surface area contributed by atoms with Crippen molar-refractivity contribution in [3.05, 3.63) is 35.4 Å². The van der Waals surface area contributed by atoms with Gasteiger partial charge in [-0.05, 0) is 24.3 Å². The minimum Gasteiger partial charge on any atom is -0.388 e. The maximum atomic E-state index is 10.1. The van der Waals surface area contributed by atoms with Crippen molar-refractivity contribution < 1.29 is 5.11 Å². The monoisotopic (exact) mass is 257 g/mol. The highest BCUT2D eigenvalue weighted by atomic mass is 35.5. The molecule has 17 heavy (non-hydrogen) atoms. The van der Waals surface area contributed by atoms with Crippen LogP contribution in [0.5, 0.6) is 0 Å². The average molecular weight is 258 g/mol. The van der Waals surface area contributed by atoms with Crippen molar-refractivity contribution >= 4 is 12.4 Å². The predicted molar refractivity (Wildman–Crippen MR) is 75.4 cm³/mol. The third kappa shape index (κ3) is 5.07. The van der Waals surface area contributed by atoms with Crippen molar-refractivity contribution in [1.29, 1.82) is 0 Å². The van der Waals surface area contributed by atoms with E-state index in [-0.39, 0.29) is 23.9 Å². The number of aliphatic hydroxyl groups is 1. The number of hydrogen-bond donors (Lipinski definition) is 2. The molecule has 2 nitrogen and oxygen atoms in total. The van der Waals surface area contributed by atoms with E-state index in [0.717, 1.165) is 5.56 Å². The van der Waals surface area contributed by atoms with Gasteiger partial charge in [0, 0.05) is 6.04 Å². The van der Waals surface area contributed by atoms with Gasteiger partial charge in [-0.3, -0.25) is 0 Å². The van der Waals surface area contributed by atoms with Crippen LogP contribution < -0.4 is 5.73 Å². The number of benzene rings is 1. The van der Waals surface area contributed by atoms with E-state index >= 15 is 0 Å². The summed E-state index contributed by atoms with van der Waals surface area (Å²) in [5.74, 6) is 0. The molecule has 0 unspecified atom stereocenters. The molecule has 1 aromatic rings. The highest BCUT2D eigenvalue weighted by molar-refractivity contribution is 5.85. The lowest BCUT2D eigenvalue weighted by molar-refractivity contribution is 0.133. The van der Waals surface area contributed by atoms with Crippen molar-refractivity contribution in [2.75, 3.05) is 0 Å². The molecule has 1 rings (SSSR count). The van der Waals surface area contributed by atoms with E-state index in [0.29, 0.717) is 6.42 Å². The van der Waals surface area contributed by atoms with E-state index in [1.807, 2.05) is 31.2 Å². The number of hydrogen-bond acceptors (Lipinski definition) is 2. The molecule has 0 aliphatic heterocycles. The number of aliphatic hydroxyl groups excluding tert-OH is 1. The Kier molecular flexibility index (Phi) is 6.17. The van der Waals surface area contributed by atoms with Gasteiger partial charge in [-0.2, -0.15) is 0 Å². The molecule has 0 spiro atoms. The van der Waals surface area contributed by atoms with E-state index in [4.69, 9.17) is 5.73 Å². The summed E-state index contributed by atoms with van der Waals surface area (Å²) in [4.78, 5) is 0. The summed E-state index contributed by atoms with van der Waals surface area (Å²) >= 11 is 0. The maximum absolute atomic E-state index is 10.1. The minimum absolute atomic E-state index is 0. The first-order valence-electron chi connectivity index (χ1n) is 5.81. The maximum Gasteiger partial charge on any atom is 0.0805 e. The first-order chi connectivity index (χ1) is 7.30. The molecule has 0 heterocycles. The Morgan fingerprint density at radius 1 is 1.18 bits per heavy atom. The molecule has 0 saturated carbocycles. The average Bonchev–Trinajstić information content (AvgIpc) is 2.17. The Hall–Kier alpha value is -0.570. The Bertz CT molecular complexity index is 329. The molecule has 98 valence electrons. The van der Waals surface area contributed by atoms with Crippen LogP contribution in [-0.2, 0) is 0 Å². The summed E-state index contributed by atoms with van der Waals surface area (Å²) in [7, 11) is 0. The fourth-order valence-electron chi connectivity index (χ4n) is 1.52. The number of nitrogens with two attached hydrogens (primary N) is 1. The van der Waals surface area contributed by atoms with Gasteiger partial charge in [-0.1, -0.05) is 50.6 Å². The fourth-order valence-corrected chi connectivity index (χ4v) is 1.52. The van der Waals surface area contributed by atoms with Crippen LogP contribution in [0.2, 0.25) is 0 Å². The van der Waals surface area contributed by atoms with E-state index in [1.165, 1.54) is 5.56 Å². The molecule has 0 aliphatic carbocycles. The molecule has 1 aromatic carbocycles. The summed E-state index contributed by atoms with van der Waals surface area (Å²) < 4.78 is 0. The second kappa shape index (κ2) is 6.39. The van der Waals surface area contributed by atoms with Gasteiger partial charge < -0.3 is 10.8 Å². The molecule has 2 atom stereocenters. The van der Waals surface area contributed by atoms with E-state index in [9.17, 15) is 5.11 Å². The van der Waals surface area contributed by atoms with Gasteiger partial charge in [0.25, 0.3) is 0 Å². The quantitative estimate of drug-likeness (QED) is 0.874. The van der Waals surface area contributed by atoms with Crippen molar-refractivity contribution in [3.63, 3.8) is 0 Å². The smallest absolute Gasteiger partial charge is 0.0805 e. The SMILES string of the molecule is Cc1ccc([C@@H](O)C[C@@H](N)C(C)(C)C)cc1.Cl. The van der Waals surface area contributed by atoms with Gasteiger partial charge in [0.15, 0.2) is 0 Å². The topological polar surface area (TPSA) is 46.2 Å². The molecule has 0 bridgehead atoms. The first kappa shape index (κ1) is 16.4. The molecule has 0 amide bonds. The van der Waals surface area contributed by atoms with Crippen molar-refractivity contribution in [3.8, 4) is 0 Å².